The maximum absolute atomic E-state index is 5.98. The van der Waals surface area contributed by atoms with Gasteiger partial charge in [-0.05, 0) is 31.2 Å². The maximum Gasteiger partial charge on any atom is 0.0932 e. The first-order valence-corrected chi connectivity index (χ1v) is 7.28. The molecular weight excluding hydrogens is 276 g/mol. The van der Waals surface area contributed by atoms with Crippen molar-refractivity contribution in [2.24, 2.45) is 0 Å². The second-order valence-electron chi connectivity index (χ2n) is 4.41. The van der Waals surface area contributed by atoms with Gasteiger partial charge in [-0.3, -0.25) is 4.98 Å². The van der Waals surface area contributed by atoms with Gasteiger partial charge in [0.2, 0.25) is 0 Å². The van der Waals surface area contributed by atoms with E-state index in [2.05, 4.69) is 35.4 Å². The van der Waals surface area contributed by atoms with Gasteiger partial charge < -0.3 is 5.32 Å². The molecule has 1 atom stereocenters. The van der Waals surface area contributed by atoms with Gasteiger partial charge in [0, 0.05) is 33.7 Å². The van der Waals surface area contributed by atoms with E-state index in [1.165, 1.54) is 10.3 Å². The van der Waals surface area contributed by atoms with Crippen LogP contribution in [0.3, 0.4) is 0 Å². The predicted molar refractivity (Wildman–Crippen MR) is 83.1 cm³/mol. The lowest BCUT2D eigenvalue weighted by molar-refractivity contribution is 0.910. The highest BCUT2D eigenvalue weighted by Gasteiger charge is 2.09. The smallest absolute Gasteiger partial charge is 0.0932 e. The fraction of sp³-hybridized carbons (Fsp3) is 0.133. The van der Waals surface area contributed by atoms with Crippen molar-refractivity contribution in [3.05, 3.63) is 58.0 Å². The number of aromatic nitrogens is 1. The minimum atomic E-state index is 0.233. The third-order valence-electron chi connectivity index (χ3n) is 3.07. The van der Waals surface area contributed by atoms with E-state index in [9.17, 15) is 0 Å². The lowest BCUT2D eigenvalue weighted by Crippen LogP contribution is -2.05. The zero-order chi connectivity index (χ0) is 13.2. The van der Waals surface area contributed by atoms with Crippen LogP contribution in [0.2, 0.25) is 4.34 Å². The normalized spacial score (nSPS) is 12.5. The van der Waals surface area contributed by atoms with Gasteiger partial charge in [-0.25, -0.2) is 0 Å². The molecule has 1 unspecified atom stereocenters. The minimum Gasteiger partial charge on any atom is -0.377 e. The first-order valence-electron chi connectivity index (χ1n) is 6.08. The fourth-order valence-electron chi connectivity index (χ4n) is 2.11. The molecule has 0 saturated heterocycles. The van der Waals surface area contributed by atoms with Crippen molar-refractivity contribution in [3.63, 3.8) is 0 Å². The van der Waals surface area contributed by atoms with Gasteiger partial charge in [0.15, 0.2) is 0 Å². The number of fused-ring (bicyclic) bond motifs is 1. The van der Waals surface area contributed by atoms with E-state index in [4.69, 9.17) is 11.6 Å². The van der Waals surface area contributed by atoms with Crippen LogP contribution in [0.15, 0.2) is 48.8 Å². The summed E-state index contributed by atoms with van der Waals surface area (Å²) in [4.78, 5) is 5.38. The number of pyridine rings is 1. The number of rotatable bonds is 3. The highest BCUT2D eigenvalue weighted by Crippen LogP contribution is 2.31. The molecule has 0 spiro atoms. The number of hydrogen-bond acceptors (Lipinski definition) is 3. The van der Waals surface area contributed by atoms with Gasteiger partial charge in [0.05, 0.1) is 10.4 Å². The molecule has 0 aliphatic carbocycles. The second-order valence-corrected chi connectivity index (χ2v) is 6.16. The van der Waals surface area contributed by atoms with Crippen molar-refractivity contribution >= 4 is 39.4 Å². The molecule has 2 nitrogen and oxygen atoms in total. The van der Waals surface area contributed by atoms with E-state index in [1.54, 1.807) is 11.3 Å². The first kappa shape index (κ1) is 12.5. The number of thiophene rings is 1. The van der Waals surface area contributed by atoms with Crippen LogP contribution in [0.25, 0.3) is 10.8 Å². The van der Waals surface area contributed by atoms with Crippen molar-refractivity contribution in [2.75, 3.05) is 5.32 Å². The Bertz CT molecular complexity index is 703. The topological polar surface area (TPSA) is 24.9 Å². The lowest BCUT2D eigenvalue weighted by atomic mass is 10.1. The van der Waals surface area contributed by atoms with Gasteiger partial charge in [-0.15, -0.1) is 11.3 Å². The molecule has 1 N–H and O–H groups in total. The molecule has 0 saturated carbocycles. The molecule has 2 heterocycles. The summed E-state index contributed by atoms with van der Waals surface area (Å²) in [6, 6.07) is 12.5. The summed E-state index contributed by atoms with van der Waals surface area (Å²) in [6.07, 6.45) is 3.70. The van der Waals surface area contributed by atoms with E-state index in [1.807, 2.05) is 30.6 Å². The second kappa shape index (κ2) is 5.19. The Morgan fingerprint density at radius 3 is 2.89 bits per heavy atom. The quantitative estimate of drug-likeness (QED) is 0.723. The van der Waals surface area contributed by atoms with Crippen molar-refractivity contribution < 1.29 is 0 Å². The van der Waals surface area contributed by atoms with Gasteiger partial charge in [0.1, 0.15) is 0 Å². The number of halogens is 1. The van der Waals surface area contributed by atoms with Crippen molar-refractivity contribution in [2.45, 2.75) is 13.0 Å². The van der Waals surface area contributed by atoms with E-state index < -0.39 is 0 Å². The molecule has 0 fully saturated rings. The summed E-state index contributed by atoms with van der Waals surface area (Å²) >= 11 is 7.60. The highest BCUT2D eigenvalue weighted by atomic mass is 35.5. The Morgan fingerprint density at radius 2 is 2.11 bits per heavy atom. The van der Waals surface area contributed by atoms with Crippen molar-refractivity contribution in [1.82, 2.24) is 4.98 Å². The molecule has 3 rings (SSSR count). The summed E-state index contributed by atoms with van der Waals surface area (Å²) in [5, 5.41) is 5.87. The van der Waals surface area contributed by atoms with Crippen LogP contribution in [0.4, 0.5) is 5.69 Å². The Morgan fingerprint density at radius 1 is 1.21 bits per heavy atom. The molecule has 0 aliphatic heterocycles. The molecule has 0 aliphatic rings. The van der Waals surface area contributed by atoms with E-state index in [0.717, 1.165) is 15.4 Å². The maximum atomic E-state index is 5.98. The SMILES string of the molecule is CC(Nc1cccc2cnccc12)c1ccc(Cl)s1. The Balaban J connectivity index is 1.93. The number of nitrogens with zero attached hydrogens (tertiary/aromatic N) is 1. The zero-order valence-corrected chi connectivity index (χ0v) is 12.0. The molecule has 1 aromatic carbocycles. The lowest BCUT2D eigenvalue weighted by Gasteiger charge is -2.15. The van der Waals surface area contributed by atoms with E-state index in [0.29, 0.717) is 0 Å². The summed E-state index contributed by atoms with van der Waals surface area (Å²) < 4.78 is 0.825. The third kappa shape index (κ3) is 2.57. The Kier molecular flexibility index (Phi) is 3.40. The van der Waals surface area contributed by atoms with E-state index >= 15 is 0 Å². The molecule has 2 aromatic heterocycles. The van der Waals surface area contributed by atoms with Crippen LogP contribution < -0.4 is 5.32 Å². The van der Waals surface area contributed by atoms with Crippen LogP contribution in [0, 0.1) is 0 Å². The molecule has 4 heteroatoms. The average molecular weight is 289 g/mol. The van der Waals surface area contributed by atoms with Gasteiger partial charge in [-0.2, -0.15) is 0 Å². The number of hydrogen-bond donors (Lipinski definition) is 1. The molecule has 19 heavy (non-hydrogen) atoms. The van der Waals surface area contributed by atoms with E-state index in [-0.39, 0.29) is 6.04 Å². The summed E-state index contributed by atoms with van der Waals surface area (Å²) in [7, 11) is 0. The van der Waals surface area contributed by atoms with Gasteiger partial charge in [-0.1, -0.05) is 23.7 Å². The molecular formula is C15H13ClN2S. The Hall–Kier alpha value is -1.58. The highest BCUT2D eigenvalue weighted by molar-refractivity contribution is 7.16. The molecule has 0 radical (unpaired) electrons. The van der Waals surface area contributed by atoms with Crippen molar-refractivity contribution in [1.29, 1.82) is 0 Å². The van der Waals surface area contributed by atoms with Crippen LogP contribution in [-0.2, 0) is 0 Å². The standard InChI is InChI=1S/C15H13ClN2S/c1-10(14-5-6-15(16)19-14)18-13-4-2-3-11-9-17-8-7-12(11)13/h2-10,18H,1H3. The largest absolute Gasteiger partial charge is 0.377 e. The third-order valence-corrected chi connectivity index (χ3v) is 4.49. The zero-order valence-electron chi connectivity index (χ0n) is 10.4. The van der Waals surface area contributed by atoms with Crippen LogP contribution in [0.1, 0.15) is 17.8 Å². The molecule has 96 valence electrons. The van der Waals surface area contributed by atoms with Crippen LogP contribution >= 0.6 is 22.9 Å². The number of anilines is 1. The fourth-order valence-corrected chi connectivity index (χ4v) is 3.18. The summed E-state index contributed by atoms with van der Waals surface area (Å²) in [5.41, 5.74) is 1.12. The number of benzene rings is 1. The average Bonchev–Trinajstić information content (AvgIpc) is 2.86. The number of nitrogens with one attached hydrogen (secondary N) is 1. The monoisotopic (exact) mass is 288 g/mol. The minimum absolute atomic E-state index is 0.233. The summed E-state index contributed by atoms with van der Waals surface area (Å²) in [5.74, 6) is 0. The molecule has 0 amide bonds. The van der Waals surface area contributed by atoms with Crippen LogP contribution in [-0.4, -0.2) is 4.98 Å². The summed E-state index contributed by atoms with van der Waals surface area (Å²) in [6.45, 7) is 2.14. The Labute approximate surface area is 121 Å². The van der Waals surface area contributed by atoms with Gasteiger partial charge >= 0.3 is 0 Å². The van der Waals surface area contributed by atoms with Crippen molar-refractivity contribution in [3.8, 4) is 0 Å². The predicted octanol–water partition coefficient (Wildman–Crippen LogP) is 5.12. The van der Waals surface area contributed by atoms with Crippen LogP contribution in [0.5, 0.6) is 0 Å². The molecule has 0 bridgehead atoms. The first-order chi connectivity index (χ1) is 9.24. The van der Waals surface area contributed by atoms with Gasteiger partial charge in [0.25, 0.3) is 0 Å². The molecule has 3 aromatic rings.